The Hall–Kier alpha value is -6.52. The molecule has 0 aliphatic carbocycles. The minimum absolute atomic E-state index is 0.202. The molecule has 2 saturated heterocycles. The third-order valence-electron chi connectivity index (χ3n) is 14.9. The van der Waals surface area contributed by atoms with E-state index < -0.39 is 85.5 Å². The van der Waals surface area contributed by atoms with Crippen molar-refractivity contribution in [2.75, 3.05) is 51.2 Å². The topological polar surface area (TPSA) is 284 Å². The minimum atomic E-state index is -3.56. The van der Waals surface area contributed by atoms with Crippen LogP contribution in [0.25, 0.3) is 43.9 Å². The number of anilines is 2. The summed E-state index contributed by atoms with van der Waals surface area (Å²) < 4.78 is 83.6. The molecular weight excluding hydrogens is 1270 g/mol. The van der Waals surface area contributed by atoms with E-state index in [0.29, 0.717) is 57.1 Å². The molecule has 6 N–H and O–H groups in total. The molecule has 30 heteroatoms. The van der Waals surface area contributed by atoms with Crippen molar-refractivity contribution < 1.29 is 65.6 Å². The number of hydrogen-bond acceptors (Lipinski definition) is 22. The number of benzene rings is 4. The molecule has 2 fully saturated rings. The molecule has 10 rings (SSSR count). The van der Waals surface area contributed by atoms with Gasteiger partial charge in [0.1, 0.15) is 59.6 Å². The lowest BCUT2D eigenvalue weighted by molar-refractivity contribution is -0.148. The Kier molecular flexibility index (Phi) is 21.1. The van der Waals surface area contributed by atoms with E-state index in [1.54, 1.807) is 53.9 Å². The summed E-state index contributed by atoms with van der Waals surface area (Å²) in [5, 5.41) is 37.7. The van der Waals surface area contributed by atoms with Crippen LogP contribution in [0.4, 0.5) is 20.4 Å². The molecule has 6 heterocycles. The SMILES string of the molecule is CNc1nc(C)nc2c1ncn2[C@@H]1O[C@H](CO[P@@](=S)(N[C@@H](C)C(=O)OCC(C)(C)C)Oc2cccc3ccccc23)[C@@H](O)[C@@]1(C)F.CNc1nc(C)nc2c1ncn2[C@@H]1O[C@H](CO[P@@](=S)(N[C@H](C)C(=O)OCC(C)(C)C)Oc2cccc3ccccc23)[C@@H](O)[C@@]1(C)F. The van der Waals surface area contributed by atoms with E-state index in [4.69, 9.17) is 60.7 Å². The number of ether oxygens (including phenoxy) is 4. The van der Waals surface area contributed by atoms with Gasteiger partial charge in [-0.3, -0.25) is 18.7 Å². The lowest BCUT2D eigenvalue weighted by Crippen LogP contribution is -2.41. The fourth-order valence-corrected chi connectivity index (χ4v) is 15.0. The maximum absolute atomic E-state index is 16.3. The highest BCUT2D eigenvalue weighted by Crippen LogP contribution is 2.52. The number of nitrogens with one attached hydrogen (secondary N) is 4. The highest BCUT2D eigenvalue weighted by molar-refractivity contribution is 8.09. The summed E-state index contributed by atoms with van der Waals surface area (Å²) >= 11 is 11.8. The molecule has 24 nitrogen and oxygen atoms in total. The van der Waals surface area contributed by atoms with Crippen LogP contribution in [0.2, 0.25) is 0 Å². The van der Waals surface area contributed by atoms with Crippen molar-refractivity contribution in [3.05, 3.63) is 109 Å². The molecule has 0 amide bonds. The number of aromatic nitrogens is 8. The zero-order chi connectivity index (χ0) is 66.9. The first-order valence-corrected chi connectivity index (χ1v) is 35.1. The summed E-state index contributed by atoms with van der Waals surface area (Å²) in [6.07, 6.45) is -5.34. The van der Waals surface area contributed by atoms with E-state index in [1.165, 1.54) is 35.6 Å². The zero-order valence-electron chi connectivity index (χ0n) is 53.7. The van der Waals surface area contributed by atoms with Gasteiger partial charge in [0.2, 0.25) is 0 Å². The van der Waals surface area contributed by atoms with Crippen LogP contribution >= 0.6 is 13.3 Å². The van der Waals surface area contributed by atoms with E-state index in [0.717, 1.165) is 21.5 Å². The lowest BCUT2D eigenvalue weighted by Gasteiger charge is -2.29. The number of carbonyl (C=O) groups is 2. The average molecular weight is 1350 g/mol. The molecule has 4 aromatic carbocycles. The minimum Gasteiger partial charge on any atom is -0.464 e. The smallest absolute Gasteiger partial charge is 0.323 e. The van der Waals surface area contributed by atoms with Crippen LogP contribution in [0.3, 0.4) is 0 Å². The Labute approximate surface area is 542 Å². The molecule has 496 valence electrons. The van der Waals surface area contributed by atoms with Crippen LogP contribution in [0.15, 0.2) is 97.6 Å². The van der Waals surface area contributed by atoms with Gasteiger partial charge in [-0.2, -0.15) is 0 Å². The van der Waals surface area contributed by atoms with E-state index in [2.05, 4.69) is 50.7 Å². The number of aliphatic hydroxyl groups excluding tert-OH is 2. The molecular formula is C62H80F2N12O12P2S2. The predicted molar refractivity (Wildman–Crippen MR) is 354 cm³/mol. The van der Waals surface area contributed by atoms with Crippen LogP contribution in [-0.2, 0) is 61.2 Å². The van der Waals surface area contributed by atoms with Gasteiger partial charge in [-0.1, -0.05) is 114 Å². The lowest BCUT2D eigenvalue weighted by atomic mass is 9.98. The van der Waals surface area contributed by atoms with Gasteiger partial charge in [0.15, 0.2) is 57.8 Å². The quantitative estimate of drug-likeness (QED) is 0.0272. The third-order valence-corrected chi connectivity index (χ3v) is 19.9. The summed E-state index contributed by atoms with van der Waals surface area (Å²) in [6.45, 7) is 13.4. The number of alkyl halides is 2. The summed E-state index contributed by atoms with van der Waals surface area (Å²) in [7, 11) is 3.40. The van der Waals surface area contributed by atoms with Gasteiger partial charge >= 0.3 is 25.2 Å². The number of nitrogens with zero attached hydrogens (tertiary/aromatic N) is 8. The van der Waals surface area contributed by atoms with E-state index in [9.17, 15) is 19.8 Å². The van der Waals surface area contributed by atoms with Gasteiger partial charge in [-0.05, 0) is 98.9 Å². The molecule has 0 spiro atoms. The fraction of sp³-hybridized carbons (Fsp3) is 0.484. The van der Waals surface area contributed by atoms with Crippen LogP contribution in [0.1, 0.15) is 93.3 Å². The van der Waals surface area contributed by atoms with Crippen LogP contribution in [-0.4, -0.2) is 150 Å². The molecule has 0 radical (unpaired) electrons. The highest BCUT2D eigenvalue weighted by Gasteiger charge is 2.57. The zero-order valence-corrected chi connectivity index (χ0v) is 57.1. The molecule has 0 bridgehead atoms. The average Bonchev–Trinajstić information content (AvgIpc) is 1.62. The monoisotopic (exact) mass is 1350 g/mol. The molecule has 12 atom stereocenters. The van der Waals surface area contributed by atoms with Gasteiger partial charge in [0.05, 0.1) is 39.1 Å². The number of hydrogen-bond donors (Lipinski definition) is 6. The molecule has 92 heavy (non-hydrogen) atoms. The summed E-state index contributed by atoms with van der Waals surface area (Å²) in [5.41, 5.74) is -3.47. The largest absolute Gasteiger partial charge is 0.464 e. The summed E-state index contributed by atoms with van der Waals surface area (Å²) in [4.78, 5) is 52.1. The van der Waals surface area contributed by atoms with E-state index >= 15 is 8.78 Å². The van der Waals surface area contributed by atoms with Crippen molar-refractivity contribution in [3.8, 4) is 11.5 Å². The Morgan fingerprint density at radius 1 is 0.620 bits per heavy atom. The number of aryl methyl sites for hydroxylation is 2. The fourth-order valence-electron chi connectivity index (χ4n) is 10.2. The Morgan fingerprint density at radius 2 is 0.978 bits per heavy atom. The Balaban J connectivity index is 0.000000217. The van der Waals surface area contributed by atoms with Gasteiger partial charge < -0.3 is 57.9 Å². The maximum atomic E-state index is 16.3. The van der Waals surface area contributed by atoms with Crippen molar-refractivity contribution in [2.24, 2.45) is 10.8 Å². The number of imidazole rings is 2. The highest BCUT2D eigenvalue weighted by atomic mass is 32.5. The van der Waals surface area contributed by atoms with E-state index in [1.807, 2.05) is 114 Å². The Bertz CT molecular complexity index is 3810. The van der Waals surface area contributed by atoms with Gasteiger partial charge in [-0.15, -0.1) is 0 Å². The second-order valence-electron chi connectivity index (χ2n) is 25.4. The first-order valence-electron chi connectivity index (χ1n) is 29.8. The second kappa shape index (κ2) is 27.8. The van der Waals surface area contributed by atoms with Gasteiger partial charge in [-0.25, -0.2) is 48.9 Å². The first-order chi connectivity index (χ1) is 43.2. The van der Waals surface area contributed by atoms with Crippen molar-refractivity contribution in [1.82, 2.24) is 49.2 Å². The van der Waals surface area contributed by atoms with E-state index in [-0.39, 0.29) is 37.3 Å². The standard InChI is InChI=1S/2C31H40FN6O6PS/c2*1-18(28(40)41-16-30(3,4)5)37-45(46,44-22-14-10-12-20-11-8-9-13-21(20)22)42-15-23-25(39)31(6,32)29(43-23)38-17-34-24-26(33-7)35-19(2)36-27(24)38/h2*8-14,17-18,23,25,29,39H,15-16H2,1-7H3,(H,37,46)(H,33,35,36)/t18-,23+,25+,29+,31+,45-;18-,23-,25-,29-,31-,45+/m01/s1. The van der Waals surface area contributed by atoms with Crippen molar-refractivity contribution in [3.63, 3.8) is 0 Å². The summed E-state index contributed by atoms with van der Waals surface area (Å²) in [6, 6.07) is 24.4. The third kappa shape index (κ3) is 15.8. The van der Waals surface area contributed by atoms with Gasteiger partial charge in [0, 0.05) is 24.9 Å². The predicted octanol–water partition coefficient (Wildman–Crippen LogP) is 10.4. The van der Waals surface area contributed by atoms with Crippen molar-refractivity contribution in [1.29, 1.82) is 0 Å². The number of esters is 2. The Morgan fingerprint density at radius 3 is 1.34 bits per heavy atom. The number of aliphatic hydroxyl groups is 2. The normalized spacial score (nSPS) is 23.7. The molecule has 2 aliphatic heterocycles. The molecule has 8 aromatic rings. The molecule has 4 aromatic heterocycles. The number of halogens is 2. The van der Waals surface area contributed by atoms with Crippen LogP contribution in [0.5, 0.6) is 11.5 Å². The van der Waals surface area contributed by atoms with Crippen molar-refractivity contribution >= 4 is 104 Å². The number of carbonyl (C=O) groups excluding carboxylic acids is 2. The number of fused-ring (bicyclic) bond motifs is 4. The number of rotatable bonds is 22. The van der Waals surface area contributed by atoms with Gasteiger partial charge in [0.25, 0.3) is 0 Å². The summed E-state index contributed by atoms with van der Waals surface area (Å²) in [5.74, 6) is 1.66. The molecule has 0 unspecified atom stereocenters. The van der Waals surface area contributed by atoms with Crippen LogP contribution < -0.4 is 29.9 Å². The molecule has 0 saturated carbocycles. The second-order valence-corrected chi connectivity index (χ2v) is 31.7. The van der Waals surface area contributed by atoms with Crippen molar-refractivity contribution in [2.45, 2.75) is 143 Å². The first kappa shape index (κ1) is 69.8. The van der Waals surface area contributed by atoms with Crippen LogP contribution in [0, 0.1) is 24.7 Å². The maximum Gasteiger partial charge on any atom is 0.323 e. The molecule has 2 aliphatic rings.